The molecule has 36 heavy (non-hydrogen) atoms. The van der Waals surface area contributed by atoms with Crippen LogP contribution in [0.1, 0.15) is 12.8 Å². The number of hydrogen-bond acceptors (Lipinski definition) is 9. The van der Waals surface area contributed by atoms with E-state index in [1.165, 1.54) is 0 Å². The van der Waals surface area contributed by atoms with E-state index in [1.54, 1.807) is 66.7 Å². The molecule has 0 aromatic heterocycles. The minimum Gasteiger partial charge on any atom is -0.744 e. The summed E-state index contributed by atoms with van der Waals surface area (Å²) in [5.74, 6) is -0.00347. The van der Waals surface area contributed by atoms with Crippen molar-refractivity contribution in [2.24, 2.45) is 0 Å². The molecule has 0 amide bonds. The number of cyclic esters (lactones) is 2. The van der Waals surface area contributed by atoms with Gasteiger partial charge in [0.2, 0.25) is 0 Å². The van der Waals surface area contributed by atoms with Crippen LogP contribution >= 0.6 is 0 Å². The lowest BCUT2D eigenvalue weighted by atomic mass is 9.98. The molecule has 2 aliphatic heterocycles. The van der Waals surface area contributed by atoms with E-state index in [4.69, 9.17) is 18.9 Å². The third-order valence-electron chi connectivity index (χ3n) is 5.93. The molecule has 0 N–H and O–H groups in total. The van der Waals surface area contributed by atoms with E-state index in [9.17, 15) is 22.6 Å². The third-order valence-corrected chi connectivity index (χ3v) is 6.87. The van der Waals surface area contributed by atoms with Gasteiger partial charge in [0.1, 0.15) is 21.6 Å². The number of hydrogen-bond donors (Lipinski definition) is 0. The summed E-state index contributed by atoms with van der Waals surface area (Å²) in [5.41, 5.74) is 1.46. The summed E-state index contributed by atoms with van der Waals surface area (Å²) in [6, 6.07) is 17.7. The molecule has 9 nitrogen and oxygen atoms in total. The van der Waals surface area contributed by atoms with Crippen LogP contribution in [0.5, 0.6) is 11.5 Å². The van der Waals surface area contributed by atoms with Crippen LogP contribution in [0.4, 0.5) is 0 Å². The third kappa shape index (κ3) is 4.91. The second-order valence-corrected chi connectivity index (χ2v) is 9.63. The summed E-state index contributed by atoms with van der Waals surface area (Å²) in [4.78, 5) is 22.9. The average molecular weight is 510 g/mol. The highest BCUT2D eigenvalue weighted by Crippen LogP contribution is 2.37. The van der Waals surface area contributed by atoms with E-state index in [-0.39, 0.29) is 16.0 Å². The first kappa shape index (κ1) is 23.8. The van der Waals surface area contributed by atoms with Gasteiger partial charge in [0.05, 0.1) is 18.1 Å². The van der Waals surface area contributed by atoms with Gasteiger partial charge < -0.3 is 23.5 Å². The van der Waals surface area contributed by atoms with Gasteiger partial charge in [0.25, 0.3) is 0 Å². The van der Waals surface area contributed by atoms with E-state index >= 15 is 0 Å². The van der Waals surface area contributed by atoms with Gasteiger partial charge in [-0.2, -0.15) is 0 Å². The first-order chi connectivity index (χ1) is 17.3. The Balaban J connectivity index is 1.44. The van der Waals surface area contributed by atoms with Crippen LogP contribution in [0.15, 0.2) is 71.6 Å². The van der Waals surface area contributed by atoms with Crippen LogP contribution in [0.3, 0.4) is 0 Å². The Morgan fingerprint density at radius 3 is 1.44 bits per heavy atom. The van der Waals surface area contributed by atoms with Gasteiger partial charge in [0.15, 0.2) is 12.2 Å². The Morgan fingerprint density at radius 1 is 0.694 bits per heavy atom. The normalized spacial score (nSPS) is 19.6. The smallest absolute Gasteiger partial charge is 0.347 e. The molecule has 0 saturated carbocycles. The maximum absolute atomic E-state index is 12.4. The zero-order chi connectivity index (χ0) is 25.3. The Morgan fingerprint density at radius 2 is 1.11 bits per heavy atom. The Kier molecular flexibility index (Phi) is 6.38. The Hall–Kier alpha value is -3.89. The van der Waals surface area contributed by atoms with Crippen molar-refractivity contribution in [2.45, 2.75) is 29.9 Å². The first-order valence-electron chi connectivity index (χ1n) is 11.3. The van der Waals surface area contributed by atoms with Gasteiger partial charge in [-0.25, -0.2) is 18.0 Å². The van der Waals surface area contributed by atoms with Crippen LogP contribution in [0.25, 0.3) is 22.3 Å². The minimum atomic E-state index is -4.87. The number of esters is 2. The van der Waals surface area contributed by atoms with Crippen molar-refractivity contribution >= 4 is 22.1 Å². The van der Waals surface area contributed by atoms with Gasteiger partial charge >= 0.3 is 11.9 Å². The summed E-state index contributed by atoms with van der Waals surface area (Å²) < 4.78 is 58.2. The molecule has 0 bridgehead atoms. The quantitative estimate of drug-likeness (QED) is 0.348. The Labute approximate surface area is 207 Å². The molecule has 0 radical (unpaired) electrons. The van der Waals surface area contributed by atoms with Crippen molar-refractivity contribution in [1.29, 1.82) is 0 Å². The number of carbonyl (C=O) groups excluding carboxylic acids is 2. The zero-order valence-corrected chi connectivity index (χ0v) is 19.7. The Bertz CT molecular complexity index is 1310. The molecule has 3 aromatic rings. The predicted octanol–water partition coefficient (Wildman–Crippen LogP) is 3.31. The first-order valence-corrected chi connectivity index (χ1v) is 12.7. The topological polar surface area (TPSA) is 128 Å². The average Bonchev–Trinajstić information content (AvgIpc) is 3.46. The van der Waals surface area contributed by atoms with Crippen LogP contribution in [-0.2, 0) is 29.2 Å². The summed E-state index contributed by atoms with van der Waals surface area (Å²) in [7, 11) is -4.87. The van der Waals surface area contributed by atoms with Crippen LogP contribution in [0.2, 0.25) is 0 Å². The lowest BCUT2D eigenvalue weighted by Gasteiger charge is -2.19. The van der Waals surface area contributed by atoms with Gasteiger partial charge in [-0.05, 0) is 46.5 Å². The van der Waals surface area contributed by atoms with E-state index in [2.05, 4.69) is 0 Å². The van der Waals surface area contributed by atoms with Gasteiger partial charge in [-0.15, -0.1) is 0 Å². The van der Waals surface area contributed by atoms with Crippen molar-refractivity contribution in [3.8, 4) is 33.8 Å². The molecule has 5 rings (SSSR count). The van der Waals surface area contributed by atoms with Crippen molar-refractivity contribution in [2.75, 3.05) is 13.2 Å². The molecule has 2 saturated heterocycles. The van der Waals surface area contributed by atoms with Crippen LogP contribution in [-0.4, -0.2) is 50.3 Å². The molecule has 0 spiro atoms. The standard InChI is InChI=1S/C26H22O9S/c27-25-22(12-14-32-25)34-18-8-4-16(5-9-18)20-2-1-3-21(24(20)36(29,30)31)17-6-10-19(11-7-17)35-23-13-15-33-26(23)28/h1-11,22-23H,12-15H2,(H,29,30,31)/p-1. The minimum absolute atomic E-state index is 0.239. The monoisotopic (exact) mass is 509 g/mol. The fourth-order valence-corrected chi connectivity index (χ4v) is 5.09. The molecular formula is C26H21O9S-. The zero-order valence-electron chi connectivity index (χ0n) is 18.9. The molecule has 2 atom stereocenters. The fraction of sp³-hybridized carbons (Fsp3) is 0.231. The van der Waals surface area contributed by atoms with Crippen molar-refractivity contribution in [3.05, 3.63) is 66.7 Å². The summed E-state index contributed by atoms with van der Waals surface area (Å²) in [5, 5.41) is 0. The SMILES string of the molecule is O=C1OCCC1Oc1ccc(-c2cccc(-c3ccc(OC4CCOC4=O)cc3)c2S(=O)(=O)[O-])cc1. The highest BCUT2D eigenvalue weighted by atomic mass is 32.2. The van der Waals surface area contributed by atoms with E-state index in [1.807, 2.05) is 0 Å². The molecule has 2 aliphatic rings. The van der Waals surface area contributed by atoms with Crippen molar-refractivity contribution < 1.29 is 41.5 Å². The molecular weight excluding hydrogens is 488 g/mol. The van der Waals surface area contributed by atoms with E-state index < -0.39 is 34.3 Å². The highest BCUT2D eigenvalue weighted by molar-refractivity contribution is 7.86. The van der Waals surface area contributed by atoms with E-state index in [0.717, 1.165) is 0 Å². The van der Waals surface area contributed by atoms with Gasteiger partial charge in [0, 0.05) is 12.8 Å². The van der Waals surface area contributed by atoms with Crippen LogP contribution in [0, 0.1) is 0 Å². The van der Waals surface area contributed by atoms with Crippen LogP contribution < -0.4 is 9.47 Å². The van der Waals surface area contributed by atoms with Gasteiger partial charge in [-0.3, -0.25) is 0 Å². The largest absolute Gasteiger partial charge is 0.744 e. The van der Waals surface area contributed by atoms with Crippen molar-refractivity contribution in [3.63, 3.8) is 0 Å². The molecule has 3 aromatic carbocycles. The fourth-order valence-electron chi connectivity index (χ4n) is 4.18. The molecule has 10 heteroatoms. The number of rotatable bonds is 7. The summed E-state index contributed by atoms with van der Waals surface area (Å²) in [6.07, 6.45) is -0.447. The summed E-state index contributed by atoms with van der Waals surface area (Å²) >= 11 is 0. The number of carbonyl (C=O) groups is 2. The molecule has 2 unspecified atom stereocenters. The van der Waals surface area contributed by atoms with E-state index in [0.29, 0.717) is 48.7 Å². The highest BCUT2D eigenvalue weighted by Gasteiger charge is 2.29. The molecule has 0 aliphatic carbocycles. The van der Waals surface area contributed by atoms with Crippen molar-refractivity contribution in [1.82, 2.24) is 0 Å². The number of ether oxygens (including phenoxy) is 4. The maximum atomic E-state index is 12.4. The lowest BCUT2D eigenvalue weighted by molar-refractivity contribution is -0.144. The molecule has 186 valence electrons. The lowest BCUT2D eigenvalue weighted by Crippen LogP contribution is -2.21. The molecule has 2 heterocycles. The molecule has 2 fully saturated rings. The second kappa shape index (κ2) is 9.63. The second-order valence-electron chi connectivity index (χ2n) is 8.31. The predicted molar refractivity (Wildman–Crippen MR) is 125 cm³/mol. The van der Waals surface area contributed by atoms with Gasteiger partial charge in [-0.1, -0.05) is 42.5 Å². The maximum Gasteiger partial charge on any atom is 0.347 e. The summed E-state index contributed by atoms with van der Waals surface area (Å²) in [6.45, 7) is 0.610. The number of benzene rings is 3.